The number of rotatable bonds is 18. The molecular weight excluding hydrogens is 1520 g/mol. The summed E-state index contributed by atoms with van der Waals surface area (Å²) in [6.07, 6.45) is 46.1. The number of hydrogen-bond acceptors (Lipinski definition) is 21. The highest BCUT2D eigenvalue weighted by Crippen LogP contribution is 2.70. The van der Waals surface area contributed by atoms with Crippen molar-refractivity contribution >= 4 is 23.1 Å². The number of fused-ring (bicyclic) bond motifs is 20. The molecule has 0 radical (unpaired) electrons. The maximum atomic E-state index is 13.3. The second kappa shape index (κ2) is 34.8. The molecule has 4 aromatic heterocycles. The summed E-state index contributed by atoms with van der Waals surface area (Å²) < 4.78 is 15.6. The number of ketones is 4. The summed E-state index contributed by atoms with van der Waals surface area (Å²) in [5.41, 5.74) is -1.49. The van der Waals surface area contributed by atoms with Gasteiger partial charge in [-0.05, 0) is 431 Å². The fourth-order valence-corrected chi connectivity index (χ4v) is 33.9. The van der Waals surface area contributed by atoms with Crippen LogP contribution in [-0.4, -0.2) is 169 Å². The zero-order valence-electron chi connectivity index (χ0n) is 75.6. The Kier molecular flexibility index (Phi) is 25.2. The second-order valence-corrected chi connectivity index (χ2v) is 45.0. The van der Waals surface area contributed by atoms with E-state index in [2.05, 4.69) is 98.1 Å². The first-order chi connectivity index (χ1) is 57.9. The van der Waals surface area contributed by atoms with Gasteiger partial charge in [-0.25, -0.2) is 19.0 Å². The molecule has 0 aromatic carbocycles. The predicted octanol–water partition coefficient (Wildman–Crippen LogP) is 14.6. The van der Waals surface area contributed by atoms with Crippen molar-refractivity contribution in [2.45, 2.75) is 355 Å². The van der Waals surface area contributed by atoms with Crippen LogP contribution in [0.2, 0.25) is 0 Å². The number of aryl methyl sites for hydroxylation is 3. The second-order valence-electron chi connectivity index (χ2n) is 45.0. The van der Waals surface area contributed by atoms with Crippen LogP contribution in [0.15, 0.2) is 12.7 Å². The van der Waals surface area contributed by atoms with E-state index in [1.807, 2.05) is 20.8 Å². The molecule has 16 aliphatic rings. The van der Waals surface area contributed by atoms with Gasteiger partial charge in [-0.2, -0.15) is 9.90 Å². The Bertz CT molecular complexity index is 4270. The lowest BCUT2D eigenvalue weighted by Gasteiger charge is -2.57. The molecule has 0 spiro atoms. The standard InChI is InChI=1S/C24H38N4O3.2C24H38N4O2.C24H37N3O3/c1-15-25-26-27-28(15)13-22(29)21-7-6-20-19-5-4-16-12-24(30,14-31-3)11-9-17(16)18(19)8-10-23(20,21)2;1-4-24(30)12-10-17-16(13-24)5-6-19-18(17)9-11-23(3)20(19)7-8-21(23)22(29)14-28-15(2)25-26-27-28;1-4-24(30)12-10-17-16(13-24)5-6-19-18(17)9-11-23(3)20(19)7-8-21(23)22(29)14-28-26-15(2)25-27-28;1-23-9-7-18-17-8-10-24(29,13-30-2)11-16(17)3-4-19(18)20(23)5-6-21(23)22(28)12-27-15-25-14-26-27/h16-21,30H,4-14H2,1-3H3;2*16-21,30H,4-14H2,1-3H3;14-21,29H,3-13H2,1-2H3/t4*16-,17+,18-,19-,20+,21-,23+,24-/m1111/s1. The Morgan fingerprint density at radius 3 is 1.00 bits per heavy atom. The van der Waals surface area contributed by atoms with Crippen molar-refractivity contribution in [1.29, 1.82) is 0 Å². The van der Waals surface area contributed by atoms with Gasteiger partial charge in [-0.1, -0.05) is 41.5 Å². The molecular formula is C96H151N15O10. The van der Waals surface area contributed by atoms with Crippen molar-refractivity contribution in [3.63, 3.8) is 0 Å². The molecule has 16 aliphatic carbocycles. The van der Waals surface area contributed by atoms with Gasteiger partial charge in [0.1, 0.15) is 50.5 Å². The largest absolute Gasteiger partial charge is 0.390 e. The Balaban J connectivity index is 0.000000115. The summed E-state index contributed by atoms with van der Waals surface area (Å²) >= 11 is 0. The minimum atomic E-state index is -0.620. The smallest absolute Gasteiger partial charge is 0.171 e. The van der Waals surface area contributed by atoms with Gasteiger partial charge in [0.2, 0.25) is 0 Å². The summed E-state index contributed by atoms with van der Waals surface area (Å²) in [4.78, 5) is 58.4. The van der Waals surface area contributed by atoms with Crippen molar-refractivity contribution in [1.82, 2.24) is 75.4 Å². The van der Waals surface area contributed by atoms with Gasteiger partial charge in [0.15, 0.2) is 29.0 Å². The zero-order chi connectivity index (χ0) is 84.9. The number of ether oxygens (including phenoxy) is 2. The van der Waals surface area contributed by atoms with Gasteiger partial charge in [0.25, 0.3) is 0 Å². The molecule has 0 amide bonds. The number of hydrogen-bond donors (Lipinski definition) is 4. The Morgan fingerprint density at radius 2 is 0.702 bits per heavy atom. The summed E-state index contributed by atoms with van der Waals surface area (Å²) in [6.45, 7) is 21.7. The predicted molar refractivity (Wildman–Crippen MR) is 454 cm³/mol. The van der Waals surface area contributed by atoms with Gasteiger partial charge in [-0.3, -0.25) is 19.2 Å². The maximum absolute atomic E-state index is 13.3. The fraction of sp³-hybridized carbons (Fsp3) is 0.906. The summed E-state index contributed by atoms with van der Waals surface area (Å²) in [7, 11) is 3.39. The van der Waals surface area contributed by atoms with Crippen molar-refractivity contribution < 1.29 is 49.1 Å². The molecule has 32 atom stereocenters. The molecule has 20 rings (SSSR count). The minimum Gasteiger partial charge on any atom is -0.390 e. The van der Waals surface area contributed by atoms with Crippen LogP contribution in [0.1, 0.15) is 303 Å². The number of methoxy groups -OCH3 is 2. The molecule has 25 heteroatoms. The molecule has 16 fully saturated rings. The van der Waals surface area contributed by atoms with E-state index >= 15 is 0 Å². The number of aromatic nitrogens is 15. The van der Waals surface area contributed by atoms with Crippen LogP contribution in [0.25, 0.3) is 0 Å². The van der Waals surface area contributed by atoms with Crippen LogP contribution in [0.4, 0.5) is 0 Å². The topological polar surface area (TPSA) is 329 Å². The number of aliphatic hydroxyl groups is 4. The Labute approximate surface area is 720 Å². The monoisotopic (exact) mass is 1670 g/mol. The average molecular weight is 1680 g/mol. The number of Topliss-reactive ketones (excluding diaryl/α,β-unsaturated/α-hetero) is 4. The van der Waals surface area contributed by atoms with Gasteiger partial charge in [0.05, 0.1) is 35.6 Å². The van der Waals surface area contributed by atoms with Crippen molar-refractivity contribution in [2.24, 2.45) is 164 Å². The lowest BCUT2D eigenvalue weighted by Crippen LogP contribution is -2.52. The molecule has 0 bridgehead atoms. The third kappa shape index (κ3) is 16.6. The van der Waals surface area contributed by atoms with Crippen molar-refractivity contribution in [3.05, 3.63) is 30.1 Å². The van der Waals surface area contributed by atoms with Gasteiger partial charge >= 0.3 is 0 Å². The van der Waals surface area contributed by atoms with E-state index in [0.29, 0.717) is 103 Å². The molecule has 4 heterocycles. The third-order valence-corrected chi connectivity index (χ3v) is 39.8. The molecule has 0 unspecified atom stereocenters. The Hall–Kier alpha value is -5.21. The lowest BCUT2D eigenvalue weighted by molar-refractivity contribution is -0.137. The number of carbonyl (C=O) groups is 4. The van der Waals surface area contributed by atoms with Crippen LogP contribution in [-0.2, 0) is 54.8 Å². The van der Waals surface area contributed by atoms with Crippen molar-refractivity contribution in [3.8, 4) is 0 Å². The maximum Gasteiger partial charge on any atom is 0.171 e. The fourth-order valence-electron chi connectivity index (χ4n) is 33.9. The normalized spacial score (nSPS) is 45.2. The van der Waals surface area contributed by atoms with E-state index in [-0.39, 0.29) is 51.9 Å². The molecule has 16 saturated carbocycles. The number of nitrogens with zero attached hydrogens (tertiary/aromatic N) is 15. The first kappa shape index (κ1) is 87.8. The highest BCUT2D eigenvalue weighted by Gasteiger charge is 2.65. The third-order valence-electron chi connectivity index (χ3n) is 39.8. The first-order valence-electron chi connectivity index (χ1n) is 49.0. The molecule has 4 aromatic rings. The van der Waals surface area contributed by atoms with Crippen LogP contribution in [0, 0.1) is 184 Å². The van der Waals surface area contributed by atoms with Gasteiger partial charge in [-0.15, -0.1) is 20.4 Å². The molecule has 0 saturated heterocycles. The summed E-state index contributed by atoms with van der Waals surface area (Å²) in [6, 6.07) is 0. The number of tetrazole rings is 3. The van der Waals surface area contributed by atoms with Crippen LogP contribution in [0.3, 0.4) is 0 Å². The minimum absolute atomic E-state index is 0.123. The van der Waals surface area contributed by atoms with E-state index in [1.54, 1.807) is 34.6 Å². The van der Waals surface area contributed by atoms with E-state index < -0.39 is 22.4 Å². The summed E-state index contributed by atoms with van der Waals surface area (Å²) in [5.74, 6) is 18.8. The highest BCUT2D eigenvalue weighted by molar-refractivity contribution is 5.83. The molecule has 670 valence electrons. The van der Waals surface area contributed by atoms with Crippen molar-refractivity contribution in [2.75, 3.05) is 27.4 Å². The quantitative estimate of drug-likeness (QED) is 0.0719. The lowest BCUT2D eigenvalue weighted by atomic mass is 9.48. The molecule has 4 N–H and O–H groups in total. The van der Waals surface area contributed by atoms with E-state index in [4.69, 9.17) is 9.47 Å². The van der Waals surface area contributed by atoms with E-state index in [1.165, 1.54) is 146 Å². The first-order valence-corrected chi connectivity index (χ1v) is 49.0. The molecule has 0 aliphatic heterocycles. The van der Waals surface area contributed by atoms with E-state index in [9.17, 15) is 39.6 Å². The Morgan fingerprint density at radius 1 is 0.380 bits per heavy atom. The van der Waals surface area contributed by atoms with Gasteiger partial charge < -0.3 is 29.9 Å². The van der Waals surface area contributed by atoms with Crippen LogP contribution >= 0.6 is 0 Å². The average Bonchev–Trinajstić information content (AvgIpc) is 1.65. The summed E-state index contributed by atoms with van der Waals surface area (Å²) in [5, 5.41) is 83.2. The van der Waals surface area contributed by atoms with E-state index in [0.717, 1.165) is 198 Å². The highest BCUT2D eigenvalue weighted by atomic mass is 16.5. The zero-order valence-corrected chi connectivity index (χ0v) is 75.6. The SMILES string of the molecule is CC[C@@]1(O)CC[C@H]2[C@H](CC[C@@H]3[C@@H]2CC[C@]2(C)[C@@H](C(=O)Cn4nnc(C)n4)CC[C@@H]32)C1.CC[C@@]1(O)CC[C@H]2[C@H](CC[C@@H]3[C@@H]2CC[C@]2(C)[C@@H](C(=O)Cn4nnnc4C)CC[C@@H]32)C1.COC[C@@]1(O)CC[C@H]2[C@H](CC[C@@H]3[C@@H]2CC[C@]2(C)[C@@H](C(=O)Cn4cncn4)CC[C@@H]32)C1.COC[C@@]1(O)CC[C@H]2[C@H](CC[C@@H]3[C@@H]2CC[C@]2(C)[C@@H](C(=O)Cn4nnnc4C)CC[C@@H]32)C1. The van der Waals surface area contributed by atoms with Gasteiger partial charge in [0, 0.05) is 37.9 Å². The molecule has 25 nitrogen and oxygen atoms in total. The van der Waals surface area contributed by atoms with Crippen LogP contribution in [0.5, 0.6) is 0 Å². The van der Waals surface area contributed by atoms with Crippen LogP contribution < -0.4 is 0 Å². The number of carbonyl (C=O) groups excluding carboxylic acids is 4. The molecule has 121 heavy (non-hydrogen) atoms.